The van der Waals surface area contributed by atoms with Crippen LogP contribution in [0.4, 0.5) is 44.4 Å². The van der Waals surface area contributed by atoms with Crippen LogP contribution >= 0.6 is 23.4 Å². The van der Waals surface area contributed by atoms with Crippen LogP contribution in [0.25, 0.3) is 10.8 Å². The molecule has 2 N–H and O–H groups in total. The normalized spacial score (nSPS) is 11.5. The second-order valence-corrected chi connectivity index (χ2v) is 18.5. The Bertz CT molecular complexity index is 3310. The van der Waals surface area contributed by atoms with Crippen molar-refractivity contribution >= 4 is 109 Å². The maximum absolute atomic E-state index is 12.0. The number of nitrogens with one attached hydrogen (secondary N) is 2. The largest absolute Gasteiger partial charge is 1.00 e. The molecule has 0 radical (unpaired) electrons. The number of nitriles is 2. The molecule has 0 spiro atoms. The number of thiophene rings is 1. The zero-order chi connectivity index (χ0) is 45.1. The van der Waals surface area contributed by atoms with Gasteiger partial charge in [-0.2, -0.15) is 14.9 Å². The number of azo groups is 2. The Morgan fingerprint density at radius 3 is 1.80 bits per heavy atom. The van der Waals surface area contributed by atoms with Crippen molar-refractivity contribution in [2.75, 3.05) is 10.6 Å². The molecule has 66 heavy (non-hydrogen) atoms. The van der Waals surface area contributed by atoms with Crippen LogP contribution in [-0.4, -0.2) is 43.9 Å². The number of hydrogen-bond acceptors (Lipinski definition) is 23. The number of hydrogen-bond donors (Lipinski definition) is 2. The zero-order valence-electron chi connectivity index (χ0n) is 35.5. The predicted molar refractivity (Wildman–Crippen MR) is 216 cm³/mol. The van der Waals surface area contributed by atoms with Crippen molar-refractivity contribution in [1.82, 2.24) is 4.98 Å². The Kier molecular flexibility index (Phi) is 21.1. The van der Waals surface area contributed by atoms with Gasteiger partial charge in [0.1, 0.15) is 53.2 Å². The van der Waals surface area contributed by atoms with Gasteiger partial charge in [-0.05, 0) is 97.9 Å². The van der Waals surface area contributed by atoms with E-state index in [1.54, 1.807) is 0 Å². The number of nitrogens with zero attached hydrogens (tertiary/aromatic N) is 7. The molecule has 0 aliphatic heterocycles. The first-order valence-electron chi connectivity index (χ1n) is 16.9. The summed E-state index contributed by atoms with van der Waals surface area (Å²) in [7, 11) is -14.5. The summed E-state index contributed by atoms with van der Waals surface area (Å²) in [5, 5.41) is 57.3. The first kappa shape index (κ1) is 58.2. The van der Waals surface area contributed by atoms with E-state index in [0.717, 1.165) is 41.7 Å². The second kappa shape index (κ2) is 23.9. The van der Waals surface area contributed by atoms with Gasteiger partial charge in [-0.1, -0.05) is 23.5 Å². The Labute approximate surface area is 433 Å². The van der Waals surface area contributed by atoms with E-state index >= 15 is 0 Å². The van der Waals surface area contributed by atoms with Crippen molar-refractivity contribution in [2.45, 2.75) is 40.4 Å². The van der Waals surface area contributed by atoms with E-state index in [-0.39, 0.29) is 152 Å². The average Bonchev–Trinajstić information content (AvgIpc) is 3.61. The van der Waals surface area contributed by atoms with Crippen LogP contribution in [0, 0.1) is 43.4 Å². The maximum atomic E-state index is 12.0. The number of rotatable bonds is 14. The van der Waals surface area contributed by atoms with Gasteiger partial charge in [0.2, 0.25) is 0 Å². The predicted octanol–water partition coefficient (Wildman–Crippen LogP) is -4.76. The summed E-state index contributed by atoms with van der Waals surface area (Å²) >= 11 is 1.27. The van der Waals surface area contributed by atoms with Crippen molar-refractivity contribution in [3.8, 4) is 12.1 Å². The third-order valence-corrected chi connectivity index (χ3v) is 12.8. The topological polar surface area (TPSA) is 347 Å². The summed E-state index contributed by atoms with van der Waals surface area (Å²) in [6.45, 7) is 4.55. The number of fused-ring (bicyclic) bond motifs is 1. The fourth-order valence-corrected chi connectivity index (χ4v) is 8.81. The molecular weight excluding hydrogens is 939 g/mol. The molecule has 0 amide bonds. The second-order valence-electron chi connectivity index (χ2n) is 12.7. The van der Waals surface area contributed by atoms with Crippen LogP contribution in [0.1, 0.15) is 27.8 Å². The van der Waals surface area contributed by atoms with Gasteiger partial charge in [0, 0.05) is 27.2 Å². The number of pyridine rings is 1. The Balaban J connectivity index is 0.00000374. The fourth-order valence-electron chi connectivity index (χ4n) is 5.73. The molecule has 0 saturated carbocycles. The van der Waals surface area contributed by atoms with Gasteiger partial charge in [-0.3, -0.25) is 5.04 Å². The first-order chi connectivity index (χ1) is 29.2. The van der Waals surface area contributed by atoms with Crippen LogP contribution in [0.15, 0.2) is 113 Å². The van der Waals surface area contributed by atoms with Crippen LogP contribution < -0.4 is 91.3 Å². The van der Waals surface area contributed by atoms with Gasteiger partial charge in [0.05, 0.1) is 43.5 Å². The molecule has 0 bridgehead atoms. The standard InChI is InChI=1S/C36H27N9O12S5.4Li/c1-18-11-23(60(47,48)49)7-9-28(18)39-34-27(17-38)20(3)33(35(41-34)40-29-10-8-24(12-19(29)2)61(50,51)52)44-45-36-21(16-37)13-32(58-36)43-42-22-14-26-25(30(15-22)59-57-56-46)5-4-6-31(26)62(53,54)55;;;;/h4-15,46H,1-3H3,(H2,39,40,41)(H,47,48,49)(H,50,51,52)(H,53,54,55);;;;/q;4*+1/p-4. The number of aryl methyl sites for hydroxylation is 2. The van der Waals surface area contributed by atoms with Gasteiger partial charge < -0.3 is 29.5 Å². The monoisotopic (exact) mass is 961 g/mol. The Morgan fingerprint density at radius 2 is 1.29 bits per heavy atom. The minimum Gasteiger partial charge on any atom is -0.744 e. The SMILES string of the molecule is Cc1cc(S(=O)(=O)[O-])ccc1Nc1nc(Nc2ccc(S(=O)(=O)[O-])cc2C)c(N=Nc2sc(N=Nc3cc(SOO[O-])c4cccc(S(=O)(=O)[O-])c4c3)cc2C#N)c(C)c1C#N.[Li+].[Li+].[Li+].[Li+]. The van der Waals surface area contributed by atoms with Crippen molar-refractivity contribution < 1.29 is 129 Å². The van der Waals surface area contributed by atoms with Gasteiger partial charge in [0.15, 0.2) is 16.6 Å². The minimum absolute atomic E-state index is 0. The third-order valence-electron chi connectivity index (χ3n) is 8.65. The summed E-state index contributed by atoms with van der Waals surface area (Å²) in [5.74, 6) is -0.113. The van der Waals surface area contributed by atoms with E-state index in [9.17, 15) is 54.7 Å². The van der Waals surface area contributed by atoms with Crippen molar-refractivity contribution in [1.29, 1.82) is 10.5 Å². The number of aromatic nitrogens is 1. The van der Waals surface area contributed by atoms with Crippen LogP contribution in [0.3, 0.4) is 0 Å². The van der Waals surface area contributed by atoms with Gasteiger partial charge in [-0.25, -0.2) is 30.2 Å². The van der Waals surface area contributed by atoms with Crippen molar-refractivity contribution in [2.24, 2.45) is 20.5 Å². The van der Waals surface area contributed by atoms with Crippen molar-refractivity contribution in [3.63, 3.8) is 0 Å². The molecule has 0 saturated heterocycles. The average molecular weight is 962 g/mol. The molecule has 0 unspecified atom stereocenters. The smallest absolute Gasteiger partial charge is 0.744 e. The number of anilines is 4. The van der Waals surface area contributed by atoms with Crippen LogP contribution in [0.2, 0.25) is 0 Å². The summed E-state index contributed by atoms with van der Waals surface area (Å²) in [6.07, 6.45) is 0. The third kappa shape index (κ3) is 13.6. The van der Waals surface area contributed by atoms with Gasteiger partial charge >= 0.3 is 75.4 Å². The van der Waals surface area contributed by atoms with E-state index in [0.29, 0.717) is 23.2 Å². The molecule has 2 aromatic heterocycles. The molecule has 6 aromatic rings. The fraction of sp³-hybridized carbons (Fsp3) is 0.0833. The molecule has 2 heterocycles. The molecule has 21 nitrogen and oxygen atoms in total. The van der Waals surface area contributed by atoms with E-state index in [1.807, 2.05) is 12.1 Å². The minimum atomic E-state index is -4.96. The van der Waals surface area contributed by atoms with E-state index in [4.69, 9.17) is 0 Å². The molecule has 318 valence electrons. The molecule has 6 rings (SSSR count). The quantitative estimate of drug-likeness (QED) is 0.0258. The first-order valence-corrected chi connectivity index (χ1v) is 22.6. The maximum Gasteiger partial charge on any atom is 1.00 e. The van der Waals surface area contributed by atoms with E-state index < -0.39 is 45.0 Å². The molecule has 30 heteroatoms. The number of benzene rings is 4. The Morgan fingerprint density at radius 1 is 0.697 bits per heavy atom. The molecule has 0 fully saturated rings. The van der Waals surface area contributed by atoms with Crippen LogP contribution in [-0.2, 0) is 39.7 Å². The molecule has 0 atom stereocenters. The van der Waals surface area contributed by atoms with Gasteiger partial charge in [0.25, 0.3) is 0 Å². The molecule has 0 aliphatic carbocycles. The van der Waals surface area contributed by atoms with Crippen LogP contribution in [0.5, 0.6) is 0 Å². The molecule has 0 aliphatic rings. The van der Waals surface area contributed by atoms with Crippen molar-refractivity contribution in [3.05, 3.63) is 101 Å². The molecule has 4 aromatic carbocycles. The van der Waals surface area contributed by atoms with Gasteiger partial charge in [-0.15, -0.1) is 20.5 Å². The van der Waals surface area contributed by atoms with E-state index in [2.05, 4.69) is 45.4 Å². The molecular formula is C36H23Li4N9O12S5. The van der Waals surface area contributed by atoms with E-state index in [1.165, 1.54) is 63.2 Å². The summed E-state index contributed by atoms with van der Waals surface area (Å²) in [4.78, 5) is 3.16. The Hall–Kier alpha value is -3.88. The zero-order valence-corrected chi connectivity index (χ0v) is 39.6. The summed E-state index contributed by atoms with van der Waals surface area (Å²) < 4.78 is 110. The summed E-state index contributed by atoms with van der Waals surface area (Å²) in [6, 6.07) is 18.9. The summed E-state index contributed by atoms with van der Waals surface area (Å²) in [5.41, 5.74) is 1.23.